The topological polar surface area (TPSA) is 72.7 Å². The Morgan fingerprint density at radius 3 is 2.58 bits per heavy atom. The van der Waals surface area contributed by atoms with Gasteiger partial charge >= 0.3 is 0 Å². The predicted octanol–water partition coefficient (Wildman–Crippen LogP) is 3.78. The highest BCUT2D eigenvalue weighted by Crippen LogP contribution is 2.27. The minimum absolute atomic E-state index is 0. The highest BCUT2D eigenvalue weighted by Gasteiger charge is 2.07. The minimum Gasteiger partial charge on any atom is -0.493 e. The monoisotopic (exact) mass is 537 g/mol. The van der Waals surface area contributed by atoms with E-state index in [1.807, 2.05) is 43.3 Å². The maximum Gasteiger partial charge on any atom is 0.191 e. The lowest BCUT2D eigenvalue weighted by atomic mass is 10.1. The minimum atomic E-state index is 0. The number of aromatic nitrogens is 2. The summed E-state index contributed by atoms with van der Waals surface area (Å²) in [6, 6.07) is 14.2. The number of ether oxygens (including phenoxy) is 2. The number of fused-ring (bicyclic) bond motifs is 1. The molecule has 3 aromatic rings. The Balaban J connectivity index is 0.00000341. The van der Waals surface area contributed by atoms with Crippen LogP contribution in [0.5, 0.6) is 11.5 Å². The number of nitrogens with zero attached hydrogens (tertiary/aromatic N) is 3. The number of hydrogen-bond acceptors (Lipinski definition) is 4. The predicted molar refractivity (Wildman–Crippen MR) is 137 cm³/mol. The fourth-order valence-corrected chi connectivity index (χ4v) is 3.44. The van der Waals surface area contributed by atoms with Crippen LogP contribution in [0.1, 0.15) is 18.3 Å². The zero-order chi connectivity index (χ0) is 21.3. The number of aryl methyl sites for hydroxylation is 1. The average Bonchev–Trinajstić information content (AvgIpc) is 3.08. The van der Waals surface area contributed by atoms with Gasteiger partial charge in [-0.05, 0) is 50.1 Å². The zero-order valence-corrected chi connectivity index (χ0v) is 21.0. The smallest absolute Gasteiger partial charge is 0.191 e. The van der Waals surface area contributed by atoms with Gasteiger partial charge in [0.1, 0.15) is 5.82 Å². The van der Waals surface area contributed by atoms with Gasteiger partial charge in [0.2, 0.25) is 0 Å². The standard InChI is InChI=1S/C23H31N5O2.HI/c1-5-24-23(25-13-12-18-10-11-21(29-3)22(16-18)30-4)26-14-15-28-17(2)27-19-8-6-7-9-20(19)28;/h6-11,16H,5,12-15H2,1-4H3,(H2,24,25,26);1H. The summed E-state index contributed by atoms with van der Waals surface area (Å²) in [7, 11) is 3.29. The SMILES string of the molecule is CCNC(=NCCc1ccc(OC)c(OC)c1)NCCn1c(C)nc2ccccc21.I. The highest BCUT2D eigenvalue weighted by molar-refractivity contribution is 14.0. The van der Waals surface area contributed by atoms with Crippen LogP contribution in [0.15, 0.2) is 47.5 Å². The van der Waals surface area contributed by atoms with E-state index < -0.39 is 0 Å². The molecule has 7 nitrogen and oxygen atoms in total. The van der Waals surface area contributed by atoms with E-state index in [1.54, 1.807) is 14.2 Å². The van der Waals surface area contributed by atoms with Crippen molar-refractivity contribution in [3.8, 4) is 11.5 Å². The van der Waals surface area contributed by atoms with Gasteiger partial charge in [0.15, 0.2) is 17.5 Å². The number of rotatable bonds is 9. The van der Waals surface area contributed by atoms with Gasteiger partial charge in [0.05, 0.1) is 25.3 Å². The van der Waals surface area contributed by atoms with Crippen molar-refractivity contribution in [3.63, 3.8) is 0 Å². The van der Waals surface area contributed by atoms with Crippen LogP contribution in [0.3, 0.4) is 0 Å². The molecule has 0 saturated heterocycles. The molecule has 31 heavy (non-hydrogen) atoms. The van der Waals surface area contributed by atoms with Crippen molar-refractivity contribution in [3.05, 3.63) is 53.9 Å². The third-order valence-corrected chi connectivity index (χ3v) is 4.94. The summed E-state index contributed by atoms with van der Waals surface area (Å²) in [5.41, 5.74) is 3.35. The van der Waals surface area contributed by atoms with E-state index in [-0.39, 0.29) is 24.0 Å². The zero-order valence-electron chi connectivity index (χ0n) is 18.6. The van der Waals surface area contributed by atoms with Crippen LogP contribution in [0, 0.1) is 6.92 Å². The number of nitrogens with one attached hydrogen (secondary N) is 2. The molecule has 0 saturated carbocycles. The second kappa shape index (κ2) is 12.4. The van der Waals surface area contributed by atoms with Crippen LogP contribution >= 0.6 is 24.0 Å². The number of methoxy groups -OCH3 is 2. The number of halogens is 1. The number of para-hydroxylation sites is 2. The van der Waals surface area contributed by atoms with Gasteiger partial charge < -0.3 is 24.7 Å². The van der Waals surface area contributed by atoms with Gasteiger partial charge in [-0.25, -0.2) is 4.98 Å². The molecule has 0 aliphatic heterocycles. The molecule has 0 atom stereocenters. The van der Waals surface area contributed by atoms with E-state index in [1.165, 1.54) is 0 Å². The molecular weight excluding hydrogens is 505 g/mol. The van der Waals surface area contributed by atoms with Crippen molar-refractivity contribution in [2.75, 3.05) is 33.9 Å². The molecule has 2 N–H and O–H groups in total. The number of imidazole rings is 1. The number of benzene rings is 2. The molecule has 0 radical (unpaired) electrons. The highest BCUT2D eigenvalue weighted by atomic mass is 127. The largest absolute Gasteiger partial charge is 0.493 e. The Morgan fingerprint density at radius 2 is 1.84 bits per heavy atom. The summed E-state index contributed by atoms with van der Waals surface area (Å²) < 4.78 is 12.9. The lowest BCUT2D eigenvalue weighted by molar-refractivity contribution is 0.354. The second-order valence-corrected chi connectivity index (χ2v) is 6.93. The molecule has 0 bridgehead atoms. The van der Waals surface area contributed by atoms with Gasteiger partial charge in [-0.15, -0.1) is 24.0 Å². The van der Waals surface area contributed by atoms with E-state index in [4.69, 9.17) is 14.5 Å². The van der Waals surface area contributed by atoms with Crippen LogP contribution in [-0.4, -0.2) is 49.4 Å². The Labute approximate surface area is 201 Å². The van der Waals surface area contributed by atoms with Crippen molar-refractivity contribution < 1.29 is 9.47 Å². The average molecular weight is 537 g/mol. The summed E-state index contributed by atoms with van der Waals surface area (Å²) in [5.74, 6) is 3.32. The summed E-state index contributed by atoms with van der Waals surface area (Å²) in [5, 5.41) is 6.73. The quantitative estimate of drug-likeness (QED) is 0.247. The maximum atomic E-state index is 5.38. The first kappa shape index (κ1) is 24.8. The lowest BCUT2D eigenvalue weighted by Gasteiger charge is -2.13. The Morgan fingerprint density at radius 1 is 1.06 bits per heavy atom. The van der Waals surface area contributed by atoms with E-state index in [2.05, 4.69) is 33.2 Å². The van der Waals surface area contributed by atoms with Crippen molar-refractivity contribution >= 4 is 41.0 Å². The summed E-state index contributed by atoms with van der Waals surface area (Å²) in [6.07, 6.45) is 0.822. The molecular formula is C23H32IN5O2. The lowest BCUT2D eigenvalue weighted by Crippen LogP contribution is -2.39. The molecule has 0 fully saturated rings. The van der Waals surface area contributed by atoms with Gasteiger partial charge in [0.25, 0.3) is 0 Å². The molecule has 8 heteroatoms. The van der Waals surface area contributed by atoms with Gasteiger partial charge in [-0.1, -0.05) is 18.2 Å². The van der Waals surface area contributed by atoms with Crippen molar-refractivity contribution in [1.29, 1.82) is 0 Å². The van der Waals surface area contributed by atoms with Crippen LogP contribution in [0.2, 0.25) is 0 Å². The summed E-state index contributed by atoms with van der Waals surface area (Å²) >= 11 is 0. The first-order valence-electron chi connectivity index (χ1n) is 10.3. The van der Waals surface area contributed by atoms with Crippen LogP contribution < -0.4 is 20.1 Å². The fourth-order valence-electron chi connectivity index (χ4n) is 3.44. The number of hydrogen-bond donors (Lipinski definition) is 2. The Bertz CT molecular complexity index is 1000. The number of guanidine groups is 1. The molecule has 2 aromatic carbocycles. The second-order valence-electron chi connectivity index (χ2n) is 6.93. The van der Waals surface area contributed by atoms with Crippen LogP contribution in [-0.2, 0) is 13.0 Å². The van der Waals surface area contributed by atoms with Crippen molar-refractivity contribution in [2.45, 2.75) is 26.8 Å². The third kappa shape index (κ3) is 6.49. The van der Waals surface area contributed by atoms with Gasteiger partial charge in [-0.3, -0.25) is 4.99 Å². The normalized spacial score (nSPS) is 11.2. The van der Waals surface area contributed by atoms with Crippen LogP contribution in [0.4, 0.5) is 0 Å². The van der Waals surface area contributed by atoms with Gasteiger partial charge in [0, 0.05) is 26.2 Å². The van der Waals surface area contributed by atoms with Crippen molar-refractivity contribution in [1.82, 2.24) is 20.2 Å². The molecule has 1 aromatic heterocycles. The van der Waals surface area contributed by atoms with E-state index >= 15 is 0 Å². The molecule has 0 aliphatic carbocycles. The molecule has 1 heterocycles. The molecule has 0 unspecified atom stereocenters. The fraction of sp³-hybridized carbons (Fsp3) is 0.391. The molecule has 3 rings (SSSR count). The first-order valence-corrected chi connectivity index (χ1v) is 10.3. The van der Waals surface area contributed by atoms with E-state index in [9.17, 15) is 0 Å². The third-order valence-electron chi connectivity index (χ3n) is 4.94. The Kier molecular flexibility index (Phi) is 9.90. The summed E-state index contributed by atoms with van der Waals surface area (Å²) in [4.78, 5) is 9.33. The van der Waals surface area contributed by atoms with Crippen LogP contribution in [0.25, 0.3) is 11.0 Å². The van der Waals surface area contributed by atoms with E-state index in [0.29, 0.717) is 6.54 Å². The van der Waals surface area contributed by atoms with Gasteiger partial charge in [-0.2, -0.15) is 0 Å². The molecule has 0 spiro atoms. The maximum absolute atomic E-state index is 5.38. The first-order chi connectivity index (χ1) is 14.7. The molecule has 168 valence electrons. The van der Waals surface area contributed by atoms with E-state index in [0.717, 1.165) is 65.9 Å². The Hall–Kier alpha value is -2.49. The van der Waals surface area contributed by atoms with Crippen molar-refractivity contribution in [2.24, 2.45) is 4.99 Å². The molecule has 0 aliphatic rings. The molecule has 0 amide bonds. The summed E-state index contributed by atoms with van der Waals surface area (Å²) in [6.45, 7) is 7.20. The number of aliphatic imine (C=N–C) groups is 1.